The van der Waals surface area contributed by atoms with E-state index in [1.165, 1.54) is 30.4 Å². The Morgan fingerprint density at radius 3 is 2.76 bits per heavy atom. The average Bonchev–Trinajstić information content (AvgIpc) is 2.52. The first kappa shape index (κ1) is 16.3. The van der Waals surface area contributed by atoms with Crippen molar-refractivity contribution in [2.24, 2.45) is 0 Å². The van der Waals surface area contributed by atoms with Crippen LogP contribution >= 0.6 is 0 Å². The Balaban J connectivity index is 2.05. The number of methoxy groups -OCH3 is 1. The van der Waals surface area contributed by atoms with Gasteiger partial charge in [-0.25, -0.2) is 0 Å². The van der Waals surface area contributed by atoms with Crippen LogP contribution in [0.5, 0.6) is 5.75 Å². The normalized spacial score (nSPS) is 19.4. The summed E-state index contributed by atoms with van der Waals surface area (Å²) in [4.78, 5) is 2.48. The van der Waals surface area contributed by atoms with Crippen LogP contribution < -0.4 is 10.1 Å². The highest BCUT2D eigenvalue weighted by molar-refractivity contribution is 5.39. The highest BCUT2D eigenvalue weighted by atomic mass is 16.5. The summed E-state index contributed by atoms with van der Waals surface area (Å²) in [6, 6.07) is 7.51. The molecule has 1 aromatic rings. The van der Waals surface area contributed by atoms with Crippen LogP contribution in [-0.4, -0.2) is 37.7 Å². The van der Waals surface area contributed by atoms with Gasteiger partial charge in [0.25, 0.3) is 0 Å². The van der Waals surface area contributed by atoms with Gasteiger partial charge >= 0.3 is 0 Å². The zero-order valence-electron chi connectivity index (χ0n) is 14.0. The quantitative estimate of drug-likeness (QED) is 0.833. The minimum absolute atomic E-state index is 0.467. The summed E-state index contributed by atoms with van der Waals surface area (Å²) in [5, 5.41) is 3.83. The molecule has 118 valence electrons. The predicted molar refractivity (Wildman–Crippen MR) is 89.1 cm³/mol. The molecule has 1 aromatic carbocycles. The van der Waals surface area contributed by atoms with Crippen molar-refractivity contribution in [1.29, 1.82) is 0 Å². The molecule has 1 aliphatic rings. The third-order valence-corrected chi connectivity index (χ3v) is 4.58. The Morgan fingerprint density at radius 2 is 2.10 bits per heavy atom. The van der Waals surface area contributed by atoms with Gasteiger partial charge < -0.3 is 15.0 Å². The summed E-state index contributed by atoms with van der Waals surface area (Å²) in [6.07, 6.45) is 3.69. The highest BCUT2D eigenvalue weighted by Gasteiger charge is 2.22. The van der Waals surface area contributed by atoms with E-state index in [-0.39, 0.29) is 0 Å². The smallest absolute Gasteiger partial charge is 0.119 e. The van der Waals surface area contributed by atoms with Crippen LogP contribution in [0.2, 0.25) is 0 Å². The van der Waals surface area contributed by atoms with Gasteiger partial charge in [0.1, 0.15) is 5.75 Å². The molecule has 0 aliphatic heterocycles. The summed E-state index contributed by atoms with van der Waals surface area (Å²) < 4.78 is 5.40. The monoisotopic (exact) mass is 290 g/mol. The van der Waals surface area contributed by atoms with Crippen molar-refractivity contribution in [2.45, 2.75) is 52.1 Å². The molecule has 3 heteroatoms. The third kappa shape index (κ3) is 4.21. The van der Waals surface area contributed by atoms with Gasteiger partial charge in [-0.1, -0.05) is 19.9 Å². The van der Waals surface area contributed by atoms with Gasteiger partial charge in [0.15, 0.2) is 0 Å². The second kappa shape index (κ2) is 7.81. The van der Waals surface area contributed by atoms with E-state index in [0.717, 1.165) is 25.4 Å². The van der Waals surface area contributed by atoms with Crippen molar-refractivity contribution in [3.05, 3.63) is 29.3 Å². The topological polar surface area (TPSA) is 24.5 Å². The third-order valence-electron chi connectivity index (χ3n) is 4.58. The number of hydrogen-bond donors (Lipinski definition) is 1. The van der Waals surface area contributed by atoms with E-state index in [1.807, 2.05) is 0 Å². The highest BCUT2D eigenvalue weighted by Crippen LogP contribution is 2.32. The molecule has 2 rings (SSSR count). The van der Waals surface area contributed by atoms with Gasteiger partial charge in [0.05, 0.1) is 7.11 Å². The lowest BCUT2D eigenvalue weighted by molar-refractivity contribution is 0.257. The van der Waals surface area contributed by atoms with Crippen LogP contribution in [-0.2, 0) is 6.42 Å². The summed E-state index contributed by atoms with van der Waals surface area (Å²) in [6.45, 7) is 10.1. The predicted octanol–water partition coefficient (Wildman–Crippen LogP) is 3.39. The number of likely N-dealkylation sites (N-methyl/N-ethyl adjacent to an activating group) is 1. The van der Waals surface area contributed by atoms with Crippen LogP contribution in [0.25, 0.3) is 0 Å². The van der Waals surface area contributed by atoms with E-state index in [2.05, 4.69) is 49.2 Å². The van der Waals surface area contributed by atoms with E-state index in [0.29, 0.717) is 12.1 Å². The maximum atomic E-state index is 5.40. The van der Waals surface area contributed by atoms with Crippen LogP contribution in [0.3, 0.4) is 0 Å². The molecule has 0 spiro atoms. The van der Waals surface area contributed by atoms with Gasteiger partial charge in [-0.05, 0) is 62.5 Å². The molecule has 0 bridgehead atoms. The fourth-order valence-electron chi connectivity index (χ4n) is 3.34. The first-order chi connectivity index (χ1) is 10.2. The van der Waals surface area contributed by atoms with E-state index in [1.54, 1.807) is 7.11 Å². The Morgan fingerprint density at radius 1 is 1.33 bits per heavy atom. The molecule has 2 atom stereocenters. The molecule has 1 N–H and O–H groups in total. The van der Waals surface area contributed by atoms with Gasteiger partial charge in [0, 0.05) is 18.6 Å². The minimum atomic E-state index is 0.467. The number of hydrogen-bond acceptors (Lipinski definition) is 3. The zero-order valence-corrected chi connectivity index (χ0v) is 14.0. The molecule has 0 fully saturated rings. The van der Waals surface area contributed by atoms with Gasteiger partial charge in [0.2, 0.25) is 0 Å². The number of aryl methyl sites for hydroxylation is 1. The minimum Gasteiger partial charge on any atom is -0.497 e. The molecular weight excluding hydrogens is 260 g/mol. The summed E-state index contributed by atoms with van der Waals surface area (Å²) in [5.41, 5.74) is 2.92. The Labute approximate surface area is 129 Å². The Kier molecular flexibility index (Phi) is 6.07. The number of ether oxygens (including phenoxy) is 1. The largest absolute Gasteiger partial charge is 0.497 e. The van der Waals surface area contributed by atoms with Crippen molar-refractivity contribution >= 4 is 0 Å². The van der Waals surface area contributed by atoms with E-state index < -0.39 is 0 Å². The molecular formula is C18H30N2O. The Bertz CT molecular complexity index is 443. The van der Waals surface area contributed by atoms with E-state index in [9.17, 15) is 0 Å². The molecule has 1 aliphatic carbocycles. The van der Waals surface area contributed by atoms with E-state index in [4.69, 9.17) is 4.74 Å². The van der Waals surface area contributed by atoms with E-state index >= 15 is 0 Å². The molecule has 0 saturated carbocycles. The SMILES string of the molecule is CCN(CC)CC(C)NC1CCCc2ccc(OC)cc21. The number of nitrogens with zero attached hydrogens (tertiary/aromatic N) is 1. The fourth-order valence-corrected chi connectivity index (χ4v) is 3.34. The van der Waals surface area contributed by atoms with Crippen LogP contribution in [0, 0.1) is 0 Å². The lowest BCUT2D eigenvalue weighted by Gasteiger charge is -2.31. The second-order valence-corrected chi connectivity index (χ2v) is 6.06. The van der Waals surface area contributed by atoms with Crippen LogP contribution in [0.1, 0.15) is 50.8 Å². The number of nitrogens with one attached hydrogen (secondary N) is 1. The average molecular weight is 290 g/mol. The zero-order chi connectivity index (χ0) is 15.2. The van der Waals surface area contributed by atoms with Crippen molar-refractivity contribution in [2.75, 3.05) is 26.7 Å². The first-order valence-electron chi connectivity index (χ1n) is 8.33. The summed E-state index contributed by atoms with van der Waals surface area (Å²) in [7, 11) is 1.75. The molecule has 0 heterocycles. The van der Waals surface area contributed by atoms with Crippen molar-refractivity contribution in [3.8, 4) is 5.75 Å². The summed E-state index contributed by atoms with van der Waals surface area (Å²) >= 11 is 0. The van der Waals surface area contributed by atoms with Crippen LogP contribution in [0.4, 0.5) is 0 Å². The lowest BCUT2D eigenvalue weighted by atomic mass is 9.87. The molecule has 0 amide bonds. The molecule has 2 unspecified atom stereocenters. The van der Waals surface area contributed by atoms with Crippen molar-refractivity contribution < 1.29 is 4.74 Å². The second-order valence-electron chi connectivity index (χ2n) is 6.06. The first-order valence-corrected chi connectivity index (χ1v) is 8.33. The lowest BCUT2D eigenvalue weighted by Crippen LogP contribution is -2.41. The molecule has 0 aromatic heterocycles. The van der Waals surface area contributed by atoms with Crippen molar-refractivity contribution in [3.63, 3.8) is 0 Å². The number of rotatable bonds is 7. The molecule has 0 saturated heterocycles. The summed E-state index contributed by atoms with van der Waals surface area (Å²) in [5.74, 6) is 0.971. The van der Waals surface area contributed by atoms with Gasteiger partial charge in [-0.15, -0.1) is 0 Å². The molecule has 21 heavy (non-hydrogen) atoms. The molecule has 0 radical (unpaired) electrons. The maximum absolute atomic E-state index is 5.40. The van der Waals surface area contributed by atoms with Crippen molar-refractivity contribution in [1.82, 2.24) is 10.2 Å². The Hall–Kier alpha value is -1.06. The fraction of sp³-hybridized carbons (Fsp3) is 0.667. The number of benzene rings is 1. The molecule has 3 nitrogen and oxygen atoms in total. The number of fused-ring (bicyclic) bond motifs is 1. The van der Waals surface area contributed by atoms with Gasteiger partial charge in [-0.3, -0.25) is 0 Å². The standard InChI is InChI=1S/C18H30N2O/c1-5-20(6-2)13-14(3)19-18-9-7-8-15-10-11-16(21-4)12-17(15)18/h10-12,14,18-19H,5-9,13H2,1-4H3. The van der Waals surface area contributed by atoms with Crippen LogP contribution in [0.15, 0.2) is 18.2 Å². The maximum Gasteiger partial charge on any atom is 0.119 e. The van der Waals surface area contributed by atoms with Gasteiger partial charge in [-0.2, -0.15) is 0 Å².